The third-order valence-electron chi connectivity index (χ3n) is 10.9. The van der Waals surface area contributed by atoms with Crippen molar-refractivity contribution in [1.29, 1.82) is 0 Å². The van der Waals surface area contributed by atoms with Crippen LogP contribution in [-0.4, -0.2) is 27.2 Å². The van der Waals surface area contributed by atoms with Gasteiger partial charge in [0.2, 0.25) is 0 Å². The van der Waals surface area contributed by atoms with Crippen LogP contribution in [0.3, 0.4) is 0 Å². The topological polar surface area (TPSA) is 20.2 Å². The summed E-state index contributed by atoms with van der Waals surface area (Å²) >= 11 is 2.78. The first-order valence-corrected chi connectivity index (χ1v) is 14.7. The van der Waals surface area contributed by atoms with Crippen molar-refractivity contribution in [3.8, 4) is 0 Å². The molecule has 0 bridgehead atoms. The van der Waals surface area contributed by atoms with Crippen molar-refractivity contribution >= 4 is 16.0 Å². The van der Waals surface area contributed by atoms with E-state index >= 15 is 0 Å². The zero-order valence-electron chi connectivity index (χ0n) is 20.2. The second kappa shape index (κ2) is 9.23. The Balaban J connectivity index is 1.48. The molecule has 0 aromatic heterocycles. The molecular formula is C28H48OSe. The average molecular weight is 480 g/mol. The average Bonchev–Trinajstić information content (AvgIpc) is 3.10. The summed E-state index contributed by atoms with van der Waals surface area (Å²) in [5, 5.41) is 11.6. The van der Waals surface area contributed by atoms with E-state index < -0.39 is 0 Å². The van der Waals surface area contributed by atoms with E-state index in [9.17, 15) is 5.11 Å². The molecule has 0 heterocycles. The van der Waals surface area contributed by atoms with Gasteiger partial charge in [-0.1, -0.05) is 12.5 Å². The summed E-state index contributed by atoms with van der Waals surface area (Å²) in [5.74, 6) is 5.48. The Hall–Kier alpha value is 0.219. The SMILES string of the molecule is CC[C@]12CC[C@H](O)CC1=CC[C@@H]1[C@@H]2CC[C@]2(C)[C@@H]([C@H](C)CCCC(C)C[SeH])CC[C@@H]12. The minimum atomic E-state index is -0.0765. The van der Waals surface area contributed by atoms with Crippen molar-refractivity contribution in [2.75, 3.05) is 0 Å². The number of hydrogen-bond acceptors (Lipinski definition) is 1. The van der Waals surface area contributed by atoms with Gasteiger partial charge in [-0.05, 0) is 25.7 Å². The van der Waals surface area contributed by atoms with Gasteiger partial charge in [-0.2, -0.15) is 0 Å². The fraction of sp³-hybridized carbons (Fsp3) is 0.929. The van der Waals surface area contributed by atoms with Gasteiger partial charge in [-0.15, -0.1) is 0 Å². The standard InChI is InChI=1S/C28H48OSe/c1-5-28-16-13-22(29)17-21(28)9-10-23-25-12-11-24(27(25,4)15-14-26(23)28)20(3)8-6-7-19(2)18-30/h9,19-20,22-26,29-30H,5-8,10-18H2,1-4H3/t19?,20-,22+,23+,24-,25+,26+,27-,28+/m1/s1. The van der Waals surface area contributed by atoms with Crippen LogP contribution in [0.5, 0.6) is 0 Å². The van der Waals surface area contributed by atoms with Gasteiger partial charge in [0.1, 0.15) is 0 Å². The van der Waals surface area contributed by atoms with Gasteiger partial charge in [0, 0.05) is 0 Å². The second-order valence-electron chi connectivity index (χ2n) is 12.2. The van der Waals surface area contributed by atoms with Gasteiger partial charge in [-0.25, -0.2) is 0 Å². The zero-order chi connectivity index (χ0) is 21.5. The van der Waals surface area contributed by atoms with Gasteiger partial charge in [0.25, 0.3) is 0 Å². The van der Waals surface area contributed by atoms with E-state index in [1.807, 2.05) is 0 Å². The molecule has 1 N–H and O–H groups in total. The van der Waals surface area contributed by atoms with E-state index in [1.54, 1.807) is 5.57 Å². The summed E-state index contributed by atoms with van der Waals surface area (Å²) in [6.45, 7) is 10.1. The van der Waals surface area contributed by atoms with Crippen LogP contribution in [0.15, 0.2) is 11.6 Å². The number of hydrogen-bond donors (Lipinski definition) is 1. The van der Waals surface area contributed by atoms with Gasteiger partial charge in [0.05, 0.1) is 6.10 Å². The Morgan fingerprint density at radius 3 is 2.63 bits per heavy atom. The van der Waals surface area contributed by atoms with Crippen molar-refractivity contribution in [2.45, 2.75) is 116 Å². The first kappa shape index (κ1) is 23.4. The quantitative estimate of drug-likeness (QED) is 0.306. The van der Waals surface area contributed by atoms with E-state index in [0.29, 0.717) is 10.8 Å². The summed E-state index contributed by atoms with van der Waals surface area (Å²) in [6.07, 6.45) is 18.6. The fourth-order valence-corrected chi connectivity index (χ4v) is 9.54. The van der Waals surface area contributed by atoms with Crippen molar-refractivity contribution in [1.82, 2.24) is 0 Å². The number of aliphatic hydroxyl groups is 1. The van der Waals surface area contributed by atoms with Crippen molar-refractivity contribution < 1.29 is 5.11 Å². The normalized spacial score (nSPS) is 45.1. The molecule has 0 aliphatic heterocycles. The van der Waals surface area contributed by atoms with E-state index in [4.69, 9.17) is 0 Å². The number of aliphatic hydroxyl groups excluding tert-OH is 1. The molecule has 3 saturated carbocycles. The Bertz CT molecular complexity index is 628. The van der Waals surface area contributed by atoms with Gasteiger partial charge in [-0.3, -0.25) is 0 Å². The Morgan fingerprint density at radius 1 is 1.10 bits per heavy atom. The van der Waals surface area contributed by atoms with Crippen molar-refractivity contribution in [3.05, 3.63) is 11.6 Å². The zero-order valence-corrected chi connectivity index (χ0v) is 22.1. The van der Waals surface area contributed by atoms with Crippen LogP contribution >= 0.6 is 0 Å². The molecule has 2 heteroatoms. The third kappa shape index (κ3) is 3.90. The molecular weight excluding hydrogens is 431 g/mol. The molecule has 30 heavy (non-hydrogen) atoms. The molecule has 0 aromatic rings. The van der Waals surface area contributed by atoms with Crippen molar-refractivity contribution in [3.63, 3.8) is 0 Å². The van der Waals surface area contributed by atoms with Crippen LogP contribution in [0.1, 0.15) is 105 Å². The molecule has 3 fully saturated rings. The molecule has 172 valence electrons. The summed E-state index contributed by atoms with van der Waals surface area (Å²) in [5.41, 5.74) is 2.67. The molecule has 0 saturated heterocycles. The fourth-order valence-electron chi connectivity index (χ4n) is 9.16. The molecule has 4 aliphatic rings. The number of rotatable bonds is 7. The van der Waals surface area contributed by atoms with Crippen LogP contribution in [0.4, 0.5) is 0 Å². The maximum atomic E-state index is 10.3. The molecule has 0 spiro atoms. The Morgan fingerprint density at radius 2 is 1.90 bits per heavy atom. The van der Waals surface area contributed by atoms with Gasteiger partial charge < -0.3 is 5.11 Å². The van der Waals surface area contributed by atoms with Crippen LogP contribution in [-0.2, 0) is 0 Å². The first-order chi connectivity index (χ1) is 14.4. The molecule has 1 nitrogen and oxygen atoms in total. The Labute approximate surface area is 195 Å². The maximum absolute atomic E-state index is 10.3. The predicted molar refractivity (Wildman–Crippen MR) is 130 cm³/mol. The van der Waals surface area contributed by atoms with Crippen molar-refractivity contribution in [2.24, 2.45) is 46.3 Å². The molecule has 0 aromatic carbocycles. The predicted octanol–water partition coefficient (Wildman–Crippen LogP) is 7.08. The monoisotopic (exact) mass is 480 g/mol. The van der Waals surface area contributed by atoms with E-state index in [1.165, 1.54) is 69.5 Å². The van der Waals surface area contributed by atoms with E-state index in [2.05, 4.69) is 49.8 Å². The first-order valence-electron chi connectivity index (χ1n) is 13.3. The molecule has 1 unspecified atom stereocenters. The summed E-state index contributed by atoms with van der Waals surface area (Å²) in [4.78, 5) is 0. The third-order valence-corrected chi connectivity index (χ3v) is 12.2. The molecule has 9 atom stereocenters. The van der Waals surface area contributed by atoms with Crippen LogP contribution < -0.4 is 0 Å². The van der Waals surface area contributed by atoms with Crippen LogP contribution in [0, 0.1) is 46.3 Å². The second-order valence-corrected chi connectivity index (χ2v) is 12.9. The van der Waals surface area contributed by atoms with E-state index in [-0.39, 0.29) is 6.10 Å². The van der Waals surface area contributed by atoms with Gasteiger partial charge >= 0.3 is 146 Å². The molecule has 0 radical (unpaired) electrons. The van der Waals surface area contributed by atoms with Gasteiger partial charge in [0.15, 0.2) is 0 Å². The molecule has 0 amide bonds. The molecule has 4 aliphatic carbocycles. The summed E-state index contributed by atoms with van der Waals surface area (Å²) in [6, 6.07) is 0. The van der Waals surface area contributed by atoms with Crippen LogP contribution in [0.2, 0.25) is 5.32 Å². The molecule has 4 rings (SSSR count). The minimum absolute atomic E-state index is 0.0765. The number of allylic oxidation sites excluding steroid dienone is 1. The van der Waals surface area contributed by atoms with Crippen LogP contribution in [0.25, 0.3) is 0 Å². The number of fused-ring (bicyclic) bond motifs is 5. The van der Waals surface area contributed by atoms with E-state index in [0.717, 1.165) is 48.3 Å². The summed E-state index contributed by atoms with van der Waals surface area (Å²) in [7, 11) is 0. The summed E-state index contributed by atoms with van der Waals surface area (Å²) < 4.78 is 0. The Kier molecular flexibility index (Phi) is 7.19.